The molecule has 0 aromatic carbocycles. The summed E-state index contributed by atoms with van der Waals surface area (Å²) in [7, 11) is 0. The van der Waals surface area contributed by atoms with Gasteiger partial charge in [0.2, 0.25) is 0 Å². The van der Waals surface area contributed by atoms with E-state index in [-0.39, 0.29) is 32.7 Å². The molecular formula is C3H3N2SY-. The molecule has 0 aliphatic heterocycles. The van der Waals surface area contributed by atoms with E-state index in [0.29, 0.717) is 0 Å². The monoisotopic (exact) mass is 188 g/mol. The minimum Gasteiger partial charge on any atom is -0.426 e. The van der Waals surface area contributed by atoms with E-state index in [4.69, 9.17) is 0 Å². The smallest absolute Gasteiger partial charge is 0 e. The van der Waals surface area contributed by atoms with Gasteiger partial charge in [-0.3, -0.25) is 4.37 Å². The van der Waals surface area contributed by atoms with Crippen LogP contribution in [0.5, 0.6) is 0 Å². The Labute approximate surface area is 71.4 Å². The maximum Gasteiger partial charge on any atom is 0 e. The first-order chi connectivity index (χ1) is 2.89. The fourth-order valence-corrected chi connectivity index (χ4v) is 0.580. The molecule has 0 N–H and O–H groups in total. The van der Waals surface area contributed by atoms with E-state index < -0.39 is 0 Å². The van der Waals surface area contributed by atoms with Gasteiger partial charge in [0.1, 0.15) is 0 Å². The third kappa shape index (κ3) is 2.47. The summed E-state index contributed by atoms with van der Waals surface area (Å²) < 4.78 is 3.79. The first kappa shape index (κ1) is 7.66. The summed E-state index contributed by atoms with van der Waals surface area (Å²) in [6, 6.07) is 0. The van der Waals surface area contributed by atoms with Gasteiger partial charge in [-0.1, -0.05) is 12.4 Å². The Bertz CT molecular complexity index is 116. The summed E-state index contributed by atoms with van der Waals surface area (Å²) in [5.74, 6) is 0.806. The summed E-state index contributed by atoms with van der Waals surface area (Å²) in [5, 5.41) is 0. The van der Waals surface area contributed by atoms with Gasteiger partial charge < -0.3 is 4.98 Å². The molecule has 1 aromatic heterocycles. The number of rotatable bonds is 0. The fraction of sp³-hybridized carbons (Fsp3) is 0.333. The molecule has 35 valence electrons. The van der Waals surface area contributed by atoms with Gasteiger partial charge in [0.05, 0.1) is 0 Å². The first-order valence-electron chi connectivity index (χ1n) is 1.56. The van der Waals surface area contributed by atoms with Gasteiger partial charge in [0, 0.05) is 32.7 Å². The van der Waals surface area contributed by atoms with Crippen molar-refractivity contribution in [1.29, 1.82) is 0 Å². The van der Waals surface area contributed by atoms with Crippen LogP contribution in [0.25, 0.3) is 0 Å². The maximum atomic E-state index is 3.79. The van der Waals surface area contributed by atoms with Crippen molar-refractivity contribution < 1.29 is 32.7 Å². The van der Waals surface area contributed by atoms with Crippen LogP contribution >= 0.6 is 11.5 Å². The predicted molar refractivity (Wildman–Crippen MR) is 23.5 cm³/mol. The van der Waals surface area contributed by atoms with Crippen LogP contribution in [0.15, 0.2) is 0 Å². The van der Waals surface area contributed by atoms with Gasteiger partial charge in [-0.15, -0.1) is 0 Å². The van der Waals surface area contributed by atoms with E-state index in [0.717, 1.165) is 5.82 Å². The van der Waals surface area contributed by atoms with E-state index in [1.54, 1.807) is 0 Å². The molecule has 0 saturated carbocycles. The molecule has 0 saturated heterocycles. The zero-order valence-corrected chi connectivity index (χ0v) is 7.53. The number of nitrogens with zero attached hydrogens (tertiary/aromatic N) is 2. The molecule has 1 heterocycles. The summed E-state index contributed by atoms with van der Waals surface area (Å²) in [5.41, 5.74) is 2.61. The van der Waals surface area contributed by atoms with E-state index in [2.05, 4.69) is 14.9 Å². The molecule has 2 nitrogen and oxygen atoms in total. The van der Waals surface area contributed by atoms with Crippen molar-refractivity contribution in [3.05, 3.63) is 11.3 Å². The molecule has 0 unspecified atom stereocenters. The second-order valence-electron chi connectivity index (χ2n) is 0.933. The number of aromatic nitrogens is 2. The summed E-state index contributed by atoms with van der Waals surface area (Å²) in [4.78, 5) is 3.70. The Morgan fingerprint density at radius 1 is 1.71 bits per heavy atom. The van der Waals surface area contributed by atoms with Crippen LogP contribution in [0.4, 0.5) is 0 Å². The quantitative estimate of drug-likeness (QED) is 0.558. The fourth-order valence-electron chi connectivity index (χ4n) is 0.193. The molecule has 0 fully saturated rings. The molecule has 0 spiro atoms. The van der Waals surface area contributed by atoms with E-state index in [1.807, 2.05) is 6.92 Å². The van der Waals surface area contributed by atoms with E-state index in [1.165, 1.54) is 11.5 Å². The van der Waals surface area contributed by atoms with Gasteiger partial charge in [-0.25, -0.2) is 0 Å². The van der Waals surface area contributed by atoms with E-state index >= 15 is 0 Å². The van der Waals surface area contributed by atoms with Crippen molar-refractivity contribution in [3.8, 4) is 0 Å². The molecule has 0 aliphatic carbocycles. The SMILES string of the molecule is Cc1n[c-]sn1.[Y]. The molecule has 0 aliphatic rings. The van der Waals surface area contributed by atoms with Crippen LogP contribution in [-0.2, 0) is 32.7 Å². The molecule has 0 bridgehead atoms. The van der Waals surface area contributed by atoms with Crippen LogP contribution in [0, 0.1) is 12.4 Å². The van der Waals surface area contributed by atoms with Crippen molar-refractivity contribution in [1.82, 2.24) is 9.36 Å². The largest absolute Gasteiger partial charge is 0.426 e. The Kier molecular flexibility index (Phi) is 3.98. The third-order valence-electron chi connectivity index (χ3n) is 0.426. The van der Waals surface area contributed by atoms with Gasteiger partial charge in [0.15, 0.2) is 0 Å². The van der Waals surface area contributed by atoms with Crippen LogP contribution in [0.1, 0.15) is 5.82 Å². The van der Waals surface area contributed by atoms with Crippen LogP contribution in [-0.4, -0.2) is 9.36 Å². The van der Waals surface area contributed by atoms with Crippen LogP contribution < -0.4 is 0 Å². The topological polar surface area (TPSA) is 25.8 Å². The van der Waals surface area contributed by atoms with Crippen LogP contribution in [0.2, 0.25) is 0 Å². The zero-order chi connectivity index (χ0) is 4.41. The zero-order valence-electron chi connectivity index (χ0n) is 3.88. The van der Waals surface area contributed by atoms with Crippen molar-refractivity contribution in [3.63, 3.8) is 0 Å². The Balaban J connectivity index is 0.000000360. The normalized spacial score (nSPS) is 7.57. The van der Waals surface area contributed by atoms with Gasteiger partial charge in [0.25, 0.3) is 0 Å². The Morgan fingerprint density at radius 3 is 2.57 bits per heavy atom. The summed E-state index contributed by atoms with van der Waals surface area (Å²) in [6.07, 6.45) is 0. The molecule has 1 rings (SSSR count). The average Bonchev–Trinajstić information content (AvgIpc) is 1.86. The Morgan fingerprint density at radius 2 is 2.43 bits per heavy atom. The van der Waals surface area contributed by atoms with Crippen LogP contribution in [0.3, 0.4) is 0 Å². The molecule has 0 atom stereocenters. The molecule has 4 heteroatoms. The molecule has 0 amide bonds. The van der Waals surface area contributed by atoms with Crippen molar-refractivity contribution in [2.24, 2.45) is 0 Å². The first-order valence-corrected chi connectivity index (χ1v) is 2.33. The molecule has 7 heavy (non-hydrogen) atoms. The summed E-state index contributed by atoms with van der Waals surface area (Å²) in [6.45, 7) is 1.84. The average molecular weight is 188 g/mol. The Hall–Kier alpha value is 0.664. The minimum atomic E-state index is 0. The van der Waals surface area contributed by atoms with Gasteiger partial charge in [-0.05, 0) is 5.82 Å². The number of hydrogen-bond acceptors (Lipinski definition) is 3. The third-order valence-corrected chi connectivity index (χ3v) is 0.954. The van der Waals surface area contributed by atoms with Crippen molar-refractivity contribution in [2.45, 2.75) is 6.92 Å². The van der Waals surface area contributed by atoms with Crippen molar-refractivity contribution in [2.75, 3.05) is 0 Å². The predicted octanol–water partition coefficient (Wildman–Crippen LogP) is 0.644. The van der Waals surface area contributed by atoms with Gasteiger partial charge >= 0.3 is 0 Å². The molecule has 1 aromatic rings. The standard InChI is InChI=1S/C3H3N2S.Y/c1-3-4-2-6-5-3;/h1H3;/q-1;. The second kappa shape index (κ2) is 3.64. The maximum absolute atomic E-state index is 3.79. The van der Waals surface area contributed by atoms with Crippen molar-refractivity contribution >= 4 is 11.5 Å². The minimum absolute atomic E-state index is 0. The van der Waals surface area contributed by atoms with E-state index in [9.17, 15) is 0 Å². The molecule has 1 radical (unpaired) electrons. The summed E-state index contributed by atoms with van der Waals surface area (Å²) >= 11 is 1.25. The van der Waals surface area contributed by atoms with Gasteiger partial charge in [-0.2, -0.15) is 11.5 Å². The number of hydrogen-bond donors (Lipinski definition) is 0. The number of aryl methyl sites for hydroxylation is 1. The second-order valence-corrected chi connectivity index (χ2v) is 1.48. The molecular weight excluding hydrogens is 185 g/mol.